The summed E-state index contributed by atoms with van der Waals surface area (Å²) < 4.78 is 1.40. The summed E-state index contributed by atoms with van der Waals surface area (Å²) in [4.78, 5) is 12.7. The minimum Gasteiger partial charge on any atom is -0.396 e. The van der Waals surface area contributed by atoms with Crippen molar-refractivity contribution in [3.63, 3.8) is 0 Å². The molecule has 0 amide bonds. The number of aryl methyl sites for hydroxylation is 1. The van der Waals surface area contributed by atoms with Crippen LogP contribution in [0.15, 0.2) is 18.2 Å². The molecule has 28 heavy (non-hydrogen) atoms. The minimum absolute atomic E-state index is 0.210. The summed E-state index contributed by atoms with van der Waals surface area (Å²) in [5.74, 6) is 1.30. The highest BCUT2D eigenvalue weighted by Gasteiger charge is 2.38. The van der Waals surface area contributed by atoms with Crippen molar-refractivity contribution in [3.8, 4) is 0 Å². The zero-order valence-electron chi connectivity index (χ0n) is 15.4. The number of anilines is 2. The van der Waals surface area contributed by atoms with Gasteiger partial charge in [-0.2, -0.15) is 5.10 Å². The monoisotopic (exact) mass is 397 g/mol. The smallest absolute Gasteiger partial charge is 0.268 e. The second kappa shape index (κ2) is 7.26. The minimum atomic E-state index is 0.210. The van der Waals surface area contributed by atoms with E-state index in [1.54, 1.807) is 6.92 Å². The molecular formula is C19H20ClN7O. The number of fused-ring (bicyclic) bond motifs is 1. The zero-order chi connectivity index (χ0) is 19.8. The first-order valence-corrected chi connectivity index (χ1v) is 9.43. The Morgan fingerprint density at radius 1 is 1.43 bits per heavy atom. The van der Waals surface area contributed by atoms with Crippen LogP contribution in [-0.4, -0.2) is 37.8 Å². The maximum absolute atomic E-state index is 9.25. The van der Waals surface area contributed by atoms with Gasteiger partial charge in [0.15, 0.2) is 5.65 Å². The van der Waals surface area contributed by atoms with E-state index in [9.17, 15) is 5.11 Å². The fourth-order valence-corrected chi connectivity index (χ4v) is 3.50. The van der Waals surface area contributed by atoms with E-state index in [-0.39, 0.29) is 18.1 Å². The average molecular weight is 398 g/mol. The van der Waals surface area contributed by atoms with Crippen LogP contribution in [0.1, 0.15) is 29.4 Å². The number of nitrogens with one attached hydrogen (secondary N) is 1. The van der Waals surface area contributed by atoms with E-state index in [2.05, 4.69) is 20.2 Å². The molecule has 1 saturated carbocycles. The number of aliphatic hydroxyl groups excluding tert-OH is 1. The Morgan fingerprint density at radius 3 is 2.96 bits per heavy atom. The highest BCUT2D eigenvalue weighted by molar-refractivity contribution is 6.34. The van der Waals surface area contributed by atoms with E-state index in [1.165, 1.54) is 4.52 Å². The van der Waals surface area contributed by atoms with Crippen LogP contribution in [0.4, 0.5) is 17.3 Å². The van der Waals surface area contributed by atoms with E-state index in [1.807, 2.05) is 18.2 Å². The molecule has 0 spiro atoms. The lowest BCUT2D eigenvalue weighted by molar-refractivity contribution is 0.273. The molecule has 2 atom stereocenters. The SMILES string of the molecule is [C-]#[N+]c1c(NCCc2cccc(C3CC3CO)n2)nc2c(Cl)c(C)nn2c1N. The van der Waals surface area contributed by atoms with Gasteiger partial charge in [-0.15, -0.1) is 0 Å². The predicted octanol–water partition coefficient (Wildman–Crippen LogP) is 2.97. The van der Waals surface area contributed by atoms with E-state index >= 15 is 0 Å². The quantitative estimate of drug-likeness (QED) is 0.552. The molecule has 4 rings (SSSR count). The molecule has 1 fully saturated rings. The van der Waals surface area contributed by atoms with Gasteiger partial charge in [0.1, 0.15) is 16.7 Å². The molecule has 1 aliphatic carbocycles. The van der Waals surface area contributed by atoms with Crippen LogP contribution in [0.2, 0.25) is 5.02 Å². The lowest BCUT2D eigenvalue weighted by atomic mass is 10.2. The summed E-state index contributed by atoms with van der Waals surface area (Å²) >= 11 is 6.25. The molecule has 0 bridgehead atoms. The number of aromatic nitrogens is 4. The Morgan fingerprint density at radius 2 is 2.25 bits per heavy atom. The first-order valence-electron chi connectivity index (χ1n) is 9.05. The number of halogens is 1. The van der Waals surface area contributed by atoms with Crippen molar-refractivity contribution in [1.82, 2.24) is 19.6 Å². The number of pyridine rings is 1. The second-order valence-corrected chi connectivity index (χ2v) is 7.33. The van der Waals surface area contributed by atoms with Crippen molar-refractivity contribution in [2.75, 3.05) is 24.2 Å². The lowest BCUT2D eigenvalue weighted by Crippen LogP contribution is -2.10. The van der Waals surface area contributed by atoms with Crippen LogP contribution in [0, 0.1) is 19.4 Å². The van der Waals surface area contributed by atoms with Crippen molar-refractivity contribution >= 4 is 34.6 Å². The van der Waals surface area contributed by atoms with Crippen molar-refractivity contribution in [1.29, 1.82) is 0 Å². The van der Waals surface area contributed by atoms with E-state index in [0.717, 1.165) is 17.8 Å². The molecule has 144 valence electrons. The lowest BCUT2D eigenvalue weighted by Gasteiger charge is -2.11. The van der Waals surface area contributed by atoms with Crippen LogP contribution >= 0.6 is 11.6 Å². The Bertz CT molecular complexity index is 1090. The summed E-state index contributed by atoms with van der Waals surface area (Å²) in [6.07, 6.45) is 1.66. The van der Waals surface area contributed by atoms with Crippen LogP contribution in [-0.2, 0) is 6.42 Å². The van der Waals surface area contributed by atoms with Crippen molar-refractivity contribution in [2.45, 2.75) is 25.7 Å². The molecule has 0 aromatic carbocycles. The third-order valence-corrected chi connectivity index (χ3v) is 5.47. The Labute approximate surface area is 167 Å². The number of rotatable bonds is 6. The van der Waals surface area contributed by atoms with E-state index in [0.29, 0.717) is 47.0 Å². The molecule has 8 nitrogen and oxygen atoms in total. The summed E-state index contributed by atoms with van der Waals surface area (Å²) in [5.41, 5.74) is 9.33. The molecule has 3 aromatic heterocycles. The van der Waals surface area contributed by atoms with Crippen molar-refractivity contribution in [2.24, 2.45) is 5.92 Å². The number of hydrogen-bond donors (Lipinski definition) is 3. The Hall–Kier alpha value is -2.89. The van der Waals surface area contributed by atoms with Gasteiger partial charge in [-0.3, -0.25) is 4.98 Å². The molecule has 0 aliphatic heterocycles. The molecule has 9 heteroatoms. The topological polar surface area (TPSA) is 106 Å². The summed E-state index contributed by atoms with van der Waals surface area (Å²) in [5, 5.41) is 17.1. The van der Waals surface area contributed by atoms with Crippen LogP contribution in [0.25, 0.3) is 10.5 Å². The predicted molar refractivity (Wildman–Crippen MR) is 108 cm³/mol. The normalized spacial score (nSPS) is 18.2. The molecule has 1 aliphatic rings. The highest BCUT2D eigenvalue weighted by Crippen LogP contribution is 2.46. The maximum Gasteiger partial charge on any atom is 0.268 e. The van der Waals surface area contributed by atoms with Gasteiger partial charge < -0.3 is 16.2 Å². The fourth-order valence-electron chi connectivity index (χ4n) is 3.34. The Balaban J connectivity index is 1.51. The number of nitrogens with two attached hydrogens (primary N) is 1. The van der Waals surface area contributed by atoms with Crippen LogP contribution in [0.5, 0.6) is 0 Å². The van der Waals surface area contributed by atoms with E-state index < -0.39 is 0 Å². The molecule has 0 radical (unpaired) electrons. The van der Waals surface area contributed by atoms with Gasteiger partial charge in [0.25, 0.3) is 5.69 Å². The molecule has 0 saturated heterocycles. The highest BCUT2D eigenvalue weighted by atomic mass is 35.5. The summed E-state index contributed by atoms with van der Waals surface area (Å²) in [7, 11) is 0. The third kappa shape index (κ3) is 3.23. The van der Waals surface area contributed by atoms with Gasteiger partial charge in [-0.25, -0.2) is 14.3 Å². The average Bonchev–Trinajstić information content (AvgIpc) is 3.44. The van der Waals surface area contributed by atoms with Gasteiger partial charge in [0.2, 0.25) is 0 Å². The molecule has 2 unspecified atom stereocenters. The van der Waals surface area contributed by atoms with E-state index in [4.69, 9.17) is 28.9 Å². The summed E-state index contributed by atoms with van der Waals surface area (Å²) in [6.45, 7) is 9.96. The molecule has 3 aromatic rings. The van der Waals surface area contributed by atoms with Gasteiger partial charge >= 0.3 is 0 Å². The maximum atomic E-state index is 9.25. The van der Waals surface area contributed by atoms with Crippen molar-refractivity contribution in [3.05, 3.63) is 51.7 Å². The molecule has 4 N–H and O–H groups in total. The Kier molecular flexibility index (Phi) is 4.79. The van der Waals surface area contributed by atoms with Crippen LogP contribution in [0.3, 0.4) is 0 Å². The van der Waals surface area contributed by atoms with Gasteiger partial charge in [0, 0.05) is 36.9 Å². The number of nitrogens with zero attached hydrogens (tertiary/aromatic N) is 5. The van der Waals surface area contributed by atoms with Gasteiger partial charge in [0.05, 0.1) is 12.3 Å². The first-order chi connectivity index (χ1) is 13.5. The van der Waals surface area contributed by atoms with Crippen molar-refractivity contribution < 1.29 is 5.11 Å². The fraction of sp³-hybridized carbons (Fsp3) is 0.368. The zero-order valence-corrected chi connectivity index (χ0v) is 16.1. The third-order valence-electron chi connectivity index (χ3n) is 5.03. The van der Waals surface area contributed by atoms with Gasteiger partial charge in [-0.1, -0.05) is 17.7 Å². The van der Waals surface area contributed by atoms with Gasteiger partial charge in [-0.05, 0) is 31.4 Å². The second-order valence-electron chi connectivity index (χ2n) is 6.96. The van der Waals surface area contributed by atoms with Crippen LogP contribution < -0.4 is 11.1 Å². The number of nitrogen functional groups attached to an aromatic ring is 1. The largest absolute Gasteiger partial charge is 0.396 e. The first kappa shape index (κ1) is 18.5. The molecular weight excluding hydrogens is 378 g/mol. The number of hydrogen-bond acceptors (Lipinski definition) is 6. The molecule has 3 heterocycles. The summed E-state index contributed by atoms with van der Waals surface area (Å²) in [6, 6.07) is 5.97. The number of aliphatic hydroxyl groups is 1. The standard InChI is InChI=1S/C19H20ClN7O/c1-10-15(20)19-25-18(16(22-2)17(21)27(19)26-10)23-7-6-12-4-3-5-14(24-12)13-8-11(13)9-28/h3-5,11,13,28H,6-9,21H2,1H3,(H,23,25).